The van der Waals surface area contributed by atoms with E-state index in [-0.39, 0.29) is 13.0 Å². The third kappa shape index (κ3) is 1.89. The van der Waals surface area contributed by atoms with Crippen LogP contribution in [0.15, 0.2) is 4.99 Å². The lowest BCUT2D eigenvalue weighted by molar-refractivity contribution is -0.0472. The summed E-state index contributed by atoms with van der Waals surface area (Å²) in [6.45, 7) is 2.00. The van der Waals surface area contributed by atoms with Gasteiger partial charge in [0.05, 0.1) is 13.1 Å². The number of rotatable bonds is 0. The number of hydrogen-bond donors (Lipinski definition) is 1. The Bertz CT molecular complexity index is 227. The van der Waals surface area contributed by atoms with E-state index in [1.807, 2.05) is 0 Å². The molecule has 0 aromatic carbocycles. The number of halogens is 2. The van der Waals surface area contributed by atoms with E-state index in [2.05, 4.69) is 10.3 Å². The van der Waals surface area contributed by atoms with Crippen molar-refractivity contribution in [2.24, 2.45) is 4.99 Å². The van der Waals surface area contributed by atoms with Crippen molar-refractivity contribution in [3.63, 3.8) is 0 Å². The minimum atomic E-state index is -2.54. The Morgan fingerprint density at radius 2 is 2.31 bits per heavy atom. The maximum Gasteiger partial charge on any atom is 0.265 e. The van der Waals surface area contributed by atoms with Crippen LogP contribution in [0.5, 0.6) is 0 Å². The third-order valence-corrected chi connectivity index (χ3v) is 2.35. The molecule has 0 bridgehead atoms. The molecule has 0 aromatic rings. The van der Waals surface area contributed by atoms with Crippen molar-refractivity contribution in [1.29, 1.82) is 0 Å². The summed E-state index contributed by atoms with van der Waals surface area (Å²) in [5, 5.41) is 3.01. The summed E-state index contributed by atoms with van der Waals surface area (Å²) >= 11 is 0. The van der Waals surface area contributed by atoms with Gasteiger partial charge in [-0.15, -0.1) is 0 Å². The van der Waals surface area contributed by atoms with Gasteiger partial charge < -0.3 is 10.2 Å². The van der Waals surface area contributed by atoms with E-state index >= 15 is 0 Å². The van der Waals surface area contributed by atoms with E-state index in [1.54, 1.807) is 4.90 Å². The predicted octanol–water partition coefficient (Wildman–Crippen LogP) is 0.677. The predicted molar refractivity (Wildman–Crippen MR) is 46.1 cm³/mol. The Labute approximate surface area is 75.8 Å². The molecule has 5 heteroatoms. The minimum Gasteiger partial charge on any atom is -0.354 e. The summed E-state index contributed by atoms with van der Waals surface area (Å²) < 4.78 is 26.0. The van der Waals surface area contributed by atoms with Crippen molar-refractivity contribution in [2.45, 2.75) is 18.8 Å². The van der Waals surface area contributed by atoms with Crippen molar-refractivity contribution in [3.05, 3.63) is 0 Å². The van der Waals surface area contributed by atoms with Crippen molar-refractivity contribution >= 4 is 5.96 Å². The van der Waals surface area contributed by atoms with Crippen LogP contribution in [0.4, 0.5) is 8.78 Å². The highest BCUT2D eigenvalue weighted by atomic mass is 19.3. The van der Waals surface area contributed by atoms with Gasteiger partial charge in [-0.25, -0.2) is 8.78 Å². The molecule has 0 amide bonds. The normalized spacial score (nSPS) is 26.9. The van der Waals surface area contributed by atoms with Gasteiger partial charge in [-0.3, -0.25) is 4.99 Å². The molecule has 0 radical (unpaired) electrons. The van der Waals surface area contributed by atoms with Gasteiger partial charge >= 0.3 is 0 Å². The average Bonchev–Trinajstić information content (AvgIpc) is 2.53. The van der Waals surface area contributed by atoms with Crippen molar-refractivity contribution in [3.8, 4) is 0 Å². The van der Waals surface area contributed by atoms with E-state index in [9.17, 15) is 8.78 Å². The second-order valence-electron chi connectivity index (χ2n) is 3.51. The first-order valence-electron chi connectivity index (χ1n) is 4.58. The smallest absolute Gasteiger partial charge is 0.265 e. The number of nitrogens with zero attached hydrogens (tertiary/aromatic N) is 2. The van der Waals surface area contributed by atoms with Crippen LogP contribution in [0.2, 0.25) is 0 Å². The number of guanidine groups is 1. The molecule has 2 heterocycles. The van der Waals surface area contributed by atoms with E-state index in [4.69, 9.17) is 0 Å². The molecule has 2 rings (SSSR count). The summed E-state index contributed by atoms with van der Waals surface area (Å²) in [4.78, 5) is 5.77. The quantitative estimate of drug-likeness (QED) is 0.606. The van der Waals surface area contributed by atoms with Gasteiger partial charge in [0.2, 0.25) is 0 Å². The van der Waals surface area contributed by atoms with Crippen molar-refractivity contribution in [1.82, 2.24) is 10.2 Å². The van der Waals surface area contributed by atoms with Crippen LogP contribution < -0.4 is 5.32 Å². The molecule has 1 fully saturated rings. The molecule has 2 aliphatic rings. The first-order chi connectivity index (χ1) is 6.17. The number of likely N-dealkylation sites (tertiary alicyclic amines) is 1. The highest BCUT2D eigenvalue weighted by Gasteiger charge is 2.36. The average molecular weight is 189 g/mol. The highest BCUT2D eigenvalue weighted by molar-refractivity contribution is 5.81. The van der Waals surface area contributed by atoms with Gasteiger partial charge in [-0.1, -0.05) is 0 Å². The van der Waals surface area contributed by atoms with E-state index in [1.165, 1.54) is 0 Å². The Morgan fingerprint density at radius 1 is 1.46 bits per heavy atom. The van der Waals surface area contributed by atoms with Gasteiger partial charge in [0.25, 0.3) is 5.92 Å². The van der Waals surface area contributed by atoms with Crippen LogP contribution in [-0.4, -0.2) is 43.0 Å². The molecule has 0 unspecified atom stereocenters. The summed E-state index contributed by atoms with van der Waals surface area (Å²) in [5.74, 6) is -1.88. The molecular weight excluding hydrogens is 176 g/mol. The Hall–Kier alpha value is -0.870. The van der Waals surface area contributed by atoms with Crippen LogP contribution in [-0.2, 0) is 0 Å². The Balaban J connectivity index is 1.99. The molecule has 0 aromatic heterocycles. The van der Waals surface area contributed by atoms with Crippen LogP contribution in [0, 0.1) is 0 Å². The first-order valence-corrected chi connectivity index (χ1v) is 4.58. The van der Waals surface area contributed by atoms with E-state index in [0.717, 1.165) is 6.54 Å². The molecule has 0 atom stereocenters. The van der Waals surface area contributed by atoms with Gasteiger partial charge in [0.15, 0.2) is 5.96 Å². The lowest BCUT2D eigenvalue weighted by Crippen LogP contribution is -2.49. The maximum absolute atomic E-state index is 13.0. The largest absolute Gasteiger partial charge is 0.354 e. The van der Waals surface area contributed by atoms with Crippen LogP contribution in [0.25, 0.3) is 0 Å². The first kappa shape index (κ1) is 8.72. The number of hydrogen-bond acceptors (Lipinski definition) is 3. The van der Waals surface area contributed by atoms with E-state index in [0.29, 0.717) is 25.5 Å². The standard InChI is InChI=1S/C8H13F2N3/c9-8(10)2-1-5-13(6-8)7-11-3-4-12-7/h1-6H2,(H,11,12). The summed E-state index contributed by atoms with van der Waals surface area (Å²) in [6, 6.07) is 0. The molecule has 0 spiro atoms. The SMILES string of the molecule is FC1(F)CCCN(C2=NCCN2)C1. The maximum atomic E-state index is 13.0. The molecule has 3 nitrogen and oxygen atoms in total. The topological polar surface area (TPSA) is 27.6 Å². The van der Waals surface area contributed by atoms with Crippen LogP contribution in [0.3, 0.4) is 0 Å². The summed E-state index contributed by atoms with van der Waals surface area (Å²) in [6.07, 6.45) is 0.560. The highest BCUT2D eigenvalue weighted by Crippen LogP contribution is 2.26. The zero-order chi connectivity index (χ0) is 9.31. The lowest BCUT2D eigenvalue weighted by atomic mass is 10.1. The molecule has 1 N–H and O–H groups in total. The molecule has 0 saturated carbocycles. The fraction of sp³-hybridized carbons (Fsp3) is 0.875. The third-order valence-electron chi connectivity index (χ3n) is 2.35. The van der Waals surface area contributed by atoms with Crippen molar-refractivity contribution in [2.75, 3.05) is 26.2 Å². The fourth-order valence-electron chi connectivity index (χ4n) is 1.74. The van der Waals surface area contributed by atoms with Gasteiger partial charge in [-0.05, 0) is 6.42 Å². The molecule has 1 saturated heterocycles. The summed E-state index contributed by atoms with van der Waals surface area (Å²) in [5.41, 5.74) is 0. The van der Waals surface area contributed by atoms with Crippen molar-refractivity contribution < 1.29 is 8.78 Å². The summed E-state index contributed by atoms with van der Waals surface area (Å²) in [7, 11) is 0. The zero-order valence-electron chi connectivity index (χ0n) is 7.39. The van der Waals surface area contributed by atoms with Crippen LogP contribution in [0.1, 0.15) is 12.8 Å². The molecule has 13 heavy (non-hydrogen) atoms. The van der Waals surface area contributed by atoms with Gasteiger partial charge in [0.1, 0.15) is 0 Å². The zero-order valence-corrected chi connectivity index (χ0v) is 7.39. The lowest BCUT2D eigenvalue weighted by Gasteiger charge is -2.33. The number of alkyl halides is 2. The van der Waals surface area contributed by atoms with Crippen LogP contribution >= 0.6 is 0 Å². The fourth-order valence-corrected chi connectivity index (χ4v) is 1.74. The Morgan fingerprint density at radius 3 is 2.92 bits per heavy atom. The number of aliphatic imine (C=N–C) groups is 1. The minimum absolute atomic E-state index is 0.0107. The molecule has 2 aliphatic heterocycles. The monoisotopic (exact) mass is 189 g/mol. The molecular formula is C8H13F2N3. The van der Waals surface area contributed by atoms with E-state index < -0.39 is 5.92 Å². The second kappa shape index (κ2) is 3.12. The number of nitrogens with one attached hydrogen (secondary N) is 1. The number of piperidine rings is 1. The van der Waals surface area contributed by atoms with Gasteiger partial charge in [0, 0.05) is 19.5 Å². The van der Waals surface area contributed by atoms with Gasteiger partial charge in [-0.2, -0.15) is 0 Å². The molecule has 74 valence electrons. The molecule has 0 aliphatic carbocycles. The Kier molecular flexibility index (Phi) is 2.09. The second-order valence-corrected chi connectivity index (χ2v) is 3.51.